The second-order valence-electron chi connectivity index (χ2n) is 9.96. The van der Waals surface area contributed by atoms with Gasteiger partial charge in [-0.1, -0.05) is 43.6 Å². The van der Waals surface area contributed by atoms with E-state index in [0.29, 0.717) is 24.2 Å². The van der Waals surface area contributed by atoms with E-state index in [0.717, 1.165) is 50.9 Å². The minimum Gasteiger partial charge on any atom is -0.392 e. The van der Waals surface area contributed by atoms with Crippen molar-refractivity contribution < 1.29 is 15.0 Å². The van der Waals surface area contributed by atoms with Gasteiger partial charge in [-0.05, 0) is 68.6 Å². The Morgan fingerprint density at radius 1 is 1.28 bits per heavy atom. The van der Waals surface area contributed by atoms with Gasteiger partial charge in [-0.15, -0.1) is 0 Å². The second kappa shape index (κ2) is 10.3. The first kappa shape index (κ1) is 22.6. The molecule has 7 atom stereocenters. The van der Waals surface area contributed by atoms with Crippen LogP contribution in [0, 0.1) is 29.6 Å². The van der Waals surface area contributed by atoms with Crippen molar-refractivity contribution in [2.45, 2.75) is 83.3 Å². The first-order valence-electron chi connectivity index (χ1n) is 11.8. The molecule has 0 aromatic carbocycles. The lowest BCUT2D eigenvalue weighted by molar-refractivity contribution is -0.128. The van der Waals surface area contributed by atoms with Crippen molar-refractivity contribution in [2.75, 3.05) is 14.1 Å². The van der Waals surface area contributed by atoms with E-state index in [2.05, 4.69) is 19.1 Å². The summed E-state index contributed by atoms with van der Waals surface area (Å²) in [5.74, 6) is 2.51. The van der Waals surface area contributed by atoms with Crippen molar-refractivity contribution in [3.8, 4) is 0 Å². The highest BCUT2D eigenvalue weighted by molar-refractivity contribution is 5.75. The van der Waals surface area contributed by atoms with Crippen LogP contribution in [0.2, 0.25) is 0 Å². The van der Waals surface area contributed by atoms with Gasteiger partial charge in [0, 0.05) is 26.4 Å². The van der Waals surface area contributed by atoms with Crippen LogP contribution in [0.4, 0.5) is 0 Å². The van der Waals surface area contributed by atoms with Gasteiger partial charge in [0.15, 0.2) is 0 Å². The van der Waals surface area contributed by atoms with Gasteiger partial charge in [0.1, 0.15) is 0 Å². The lowest BCUT2D eigenvalue weighted by Crippen LogP contribution is -2.21. The van der Waals surface area contributed by atoms with Gasteiger partial charge in [0.05, 0.1) is 12.2 Å². The Morgan fingerprint density at radius 2 is 2.07 bits per heavy atom. The fourth-order valence-corrected chi connectivity index (χ4v) is 5.84. The predicted molar refractivity (Wildman–Crippen MR) is 117 cm³/mol. The zero-order valence-electron chi connectivity index (χ0n) is 18.6. The number of carbonyl (C=O) groups excluding carboxylic acids is 1. The summed E-state index contributed by atoms with van der Waals surface area (Å²) in [6.45, 7) is 2.25. The van der Waals surface area contributed by atoms with Gasteiger partial charge in [0.25, 0.3) is 0 Å². The first-order valence-corrected chi connectivity index (χ1v) is 11.8. The monoisotopic (exact) mass is 403 g/mol. The number of rotatable bonds is 9. The highest BCUT2D eigenvalue weighted by Crippen LogP contribution is 2.48. The molecule has 0 aromatic heterocycles. The summed E-state index contributed by atoms with van der Waals surface area (Å²) >= 11 is 0. The van der Waals surface area contributed by atoms with E-state index in [1.54, 1.807) is 4.90 Å². The Bertz CT molecular complexity index is 611. The molecule has 0 radical (unpaired) electrons. The third kappa shape index (κ3) is 5.73. The quantitative estimate of drug-likeness (QED) is 0.445. The van der Waals surface area contributed by atoms with Crippen LogP contribution in [0.3, 0.4) is 0 Å². The highest BCUT2D eigenvalue weighted by atomic mass is 16.3. The molecule has 2 N–H and O–H groups in total. The van der Waals surface area contributed by atoms with Gasteiger partial charge in [-0.25, -0.2) is 0 Å². The molecule has 3 rings (SSSR count). The number of aliphatic hydroxyl groups is 2. The zero-order chi connectivity index (χ0) is 21.0. The Hall–Kier alpha value is -1.13. The van der Waals surface area contributed by atoms with Crippen LogP contribution in [-0.4, -0.2) is 47.3 Å². The van der Waals surface area contributed by atoms with Gasteiger partial charge in [-0.2, -0.15) is 0 Å². The smallest absolute Gasteiger partial charge is 0.222 e. The summed E-state index contributed by atoms with van der Waals surface area (Å²) in [7, 11) is 3.63. The van der Waals surface area contributed by atoms with Crippen molar-refractivity contribution in [1.29, 1.82) is 0 Å². The van der Waals surface area contributed by atoms with E-state index in [-0.39, 0.29) is 24.0 Å². The standard InChI is InChI=1S/C25H41NO3/c1-4-17-9-10-19(13-17)23(27)12-11-21-22-15-18(14-20(22)16-24(21)28)7-5-6-8-25(29)26(2)3/h11-12,14,17,19-24,27-28H,4-10,13,15-16H2,1-3H3/t17?,19?,20-,21+,22-,23+,24+/m0/s1. The van der Waals surface area contributed by atoms with Crippen LogP contribution < -0.4 is 0 Å². The molecule has 0 bridgehead atoms. The number of allylic oxidation sites excluding steroid dienone is 2. The van der Waals surface area contributed by atoms with E-state index < -0.39 is 0 Å². The summed E-state index contributed by atoms with van der Waals surface area (Å²) in [4.78, 5) is 13.4. The maximum atomic E-state index is 11.7. The molecule has 3 aliphatic carbocycles. The van der Waals surface area contributed by atoms with Crippen molar-refractivity contribution in [1.82, 2.24) is 4.90 Å². The average molecular weight is 404 g/mol. The summed E-state index contributed by atoms with van der Waals surface area (Å²) < 4.78 is 0. The zero-order valence-corrected chi connectivity index (χ0v) is 18.6. The number of amides is 1. The number of hydrogen-bond donors (Lipinski definition) is 2. The van der Waals surface area contributed by atoms with Gasteiger partial charge in [0.2, 0.25) is 5.91 Å². The molecule has 164 valence electrons. The number of nitrogens with zero attached hydrogens (tertiary/aromatic N) is 1. The number of carbonyl (C=O) groups is 1. The fourth-order valence-electron chi connectivity index (χ4n) is 5.84. The fraction of sp³-hybridized carbons (Fsp3) is 0.800. The van der Waals surface area contributed by atoms with Crippen LogP contribution in [0.1, 0.15) is 71.1 Å². The Balaban J connectivity index is 1.45. The van der Waals surface area contributed by atoms with Crippen LogP contribution in [0.25, 0.3) is 0 Å². The van der Waals surface area contributed by atoms with Crippen LogP contribution in [0.15, 0.2) is 23.8 Å². The third-order valence-corrected chi connectivity index (χ3v) is 7.76. The van der Waals surface area contributed by atoms with Crippen molar-refractivity contribution in [3.05, 3.63) is 23.8 Å². The minimum absolute atomic E-state index is 0.169. The molecule has 2 saturated carbocycles. The molecule has 0 aliphatic heterocycles. The molecule has 0 heterocycles. The van der Waals surface area contributed by atoms with E-state index >= 15 is 0 Å². The van der Waals surface area contributed by atoms with Crippen molar-refractivity contribution >= 4 is 5.91 Å². The topological polar surface area (TPSA) is 60.8 Å². The lowest BCUT2D eigenvalue weighted by Gasteiger charge is -2.20. The van der Waals surface area contributed by atoms with Crippen molar-refractivity contribution in [3.63, 3.8) is 0 Å². The Kier molecular flexibility index (Phi) is 7.98. The predicted octanol–water partition coefficient (Wildman–Crippen LogP) is 4.32. The molecular formula is C25H41NO3. The molecule has 0 aromatic rings. The Morgan fingerprint density at radius 3 is 2.76 bits per heavy atom. The van der Waals surface area contributed by atoms with E-state index in [1.165, 1.54) is 18.4 Å². The maximum Gasteiger partial charge on any atom is 0.222 e. The third-order valence-electron chi connectivity index (χ3n) is 7.76. The largest absolute Gasteiger partial charge is 0.392 e. The molecule has 1 amide bonds. The van der Waals surface area contributed by atoms with Crippen molar-refractivity contribution in [2.24, 2.45) is 29.6 Å². The van der Waals surface area contributed by atoms with Gasteiger partial charge in [-0.3, -0.25) is 4.79 Å². The minimum atomic E-state index is -0.360. The molecule has 29 heavy (non-hydrogen) atoms. The molecule has 4 nitrogen and oxygen atoms in total. The summed E-state index contributed by atoms with van der Waals surface area (Å²) in [5, 5.41) is 21.2. The summed E-state index contributed by atoms with van der Waals surface area (Å²) in [6.07, 6.45) is 16.2. The maximum absolute atomic E-state index is 11.7. The van der Waals surface area contributed by atoms with E-state index in [1.807, 2.05) is 20.2 Å². The van der Waals surface area contributed by atoms with Gasteiger partial charge < -0.3 is 15.1 Å². The Labute approximate surface area is 177 Å². The van der Waals surface area contributed by atoms with Gasteiger partial charge >= 0.3 is 0 Å². The summed E-state index contributed by atoms with van der Waals surface area (Å²) in [5.41, 5.74) is 1.50. The van der Waals surface area contributed by atoms with E-state index in [4.69, 9.17) is 0 Å². The highest BCUT2D eigenvalue weighted by Gasteiger charge is 2.43. The normalized spacial score (nSPS) is 35.1. The van der Waals surface area contributed by atoms with Crippen LogP contribution in [0.5, 0.6) is 0 Å². The number of unbranched alkanes of at least 4 members (excludes halogenated alkanes) is 1. The van der Waals surface area contributed by atoms with E-state index in [9.17, 15) is 15.0 Å². The van der Waals surface area contributed by atoms with Crippen LogP contribution in [-0.2, 0) is 4.79 Å². The molecule has 2 unspecified atom stereocenters. The van der Waals surface area contributed by atoms with Crippen LogP contribution >= 0.6 is 0 Å². The lowest BCUT2D eigenvalue weighted by atomic mass is 9.87. The average Bonchev–Trinajstić information content (AvgIpc) is 3.38. The molecule has 0 saturated heterocycles. The summed E-state index contributed by atoms with van der Waals surface area (Å²) in [6, 6.07) is 0. The molecule has 4 heteroatoms. The number of aliphatic hydroxyl groups excluding tert-OH is 2. The first-order chi connectivity index (χ1) is 13.9. The molecular weight excluding hydrogens is 362 g/mol. The molecule has 2 fully saturated rings. The second-order valence-corrected chi connectivity index (χ2v) is 9.96. The number of hydrogen-bond acceptors (Lipinski definition) is 3. The SMILES string of the molecule is CCC1CCC([C@H](O)C=C[C@@H]2[C@H]3CC(CCCCC(=O)N(C)C)=C[C@H]3C[C@H]2O)C1. The molecule has 0 spiro atoms. The molecule has 3 aliphatic rings. The number of fused-ring (bicyclic) bond motifs is 1.